The van der Waals surface area contributed by atoms with Crippen LogP contribution >= 0.6 is 0 Å². The van der Waals surface area contributed by atoms with Crippen molar-refractivity contribution in [3.05, 3.63) is 220 Å². The van der Waals surface area contributed by atoms with E-state index in [2.05, 4.69) is 215 Å². The molecular weight excluding hydrogens is 747 g/mol. The average molecular weight is 800 g/mol. The minimum absolute atomic E-state index is 0.00407. The first-order chi connectivity index (χ1) is 30.2. The lowest BCUT2D eigenvalue weighted by atomic mass is 9.69. The highest BCUT2D eigenvalue weighted by molar-refractivity contribution is 5.98. The molecule has 62 heavy (non-hydrogen) atoms. The quantitative estimate of drug-likeness (QED) is 0.168. The summed E-state index contributed by atoms with van der Waals surface area (Å²) in [4.78, 5) is 2.59. The van der Waals surface area contributed by atoms with E-state index in [1.54, 1.807) is 0 Å². The average Bonchev–Trinajstić information content (AvgIpc) is 4.06. The third-order valence-electron chi connectivity index (χ3n) is 15.2. The Hall–Kier alpha value is -6.44. The molecule has 1 heteroatoms. The van der Waals surface area contributed by atoms with E-state index in [4.69, 9.17) is 0 Å². The van der Waals surface area contributed by atoms with Crippen LogP contribution in [0.15, 0.2) is 176 Å². The van der Waals surface area contributed by atoms with Gasteiger partial charge in [0.2, 0.25) is 0 Å². The zero-order chi connectivity index (χ0) is 42.0. The Morgan fingerprint density at radius 2 is 0.871 bits per heavy atom. The van der Waals surface area contributed by atoms with Gasteiger partial charge in [-0.1, -0.05) is 193 Å². The Labute approximate surface area is 367 Å². The van der Waals surface area contributed by atoms with Crippen molar-refractivity contribution >= 4 is 17.1 Å². The summed E-state index contributed by atoms with van der Waals surface area (Å²) in [6.07, 6.45) is 5.14. The first-order valence-corrected chi connectivity index (χ1v) is 22.9. The Morgan fingerprint density at radius 1 is 0.419 bits per heavy atom. The van der Waals surface area contributed by atoms with Crippen LogP contribution in [-0.4, -0.2) is 0 Å². The second kappa shape index (κ2) is 13.5. The molecule has 0 aliphatic heterocycles. The van der Waals surface area contributed by atoms with Crippen LogP contribution in [0.3, 0.4) is 0 Å². The van der Waals surface area contributed by atoms with Gasteiger partial charge in [-0.3, -0.25) is 0 Å². The first kappa shape index (κ1) is 37.3. The summed E-state index contributed by atoms with van der Waals surface area (Å²) >= 11 is 0. The molecule has 1 saturated carbocycles. The van der Waals surface area contributed by atoms with Crippen molar-refractivity contribution in [3.8, 4) is 44.5 Å². The van der Waals surface area contributed by atoms with Crippen molar-refractivity contribution in [3.63, 3.8) is 0 Å². The maximum atomic E-state index is 2.59. The standard InChI is InChI=1S/C61H53N/c1-59(2,3)40-30-33-49-46-23-11-15-27-53(46)61(56(49)36-40)54-28-16-12-24-47(54)50-35-32-42(38-57(50)61)62(41-31-34-48-45-22-10-14-26-52(45)60(4,5)55(48)37-41)58-29-17-13-25-51(58)44-21-9-8-20-43(44)39-18-6-7-19-39/h8-17,20-39H,6-7,18-19H2,1-5H3. The molecule has 1 fully saturated rings. The number of fused-ring (bicyclic) bond motifs is 13. The molecule has 12 rings (SSSR count). The van der Waals surface area contributed by atoms with Crippen molar-refractivity contribution in [2.24, 2.45) is 0 Å². The SMILES string of the molecule is CC(C)(C)c1ccc2c(c1)C1(c3ccccc3-c3ccc(N(c4ccc5c(c4)C(C)(C)c4ccccc4-5)c4ccccc4-c4ccccc4C4CCCC4)cc31)c1ccccc1-2. The molecule has 0 N–H and O–H groups in total. The van der Waals surface area contributed by atoms with Gasteiger partial charge in [-0.05, 0) is 138 Å². The van der Waals surface area contributed by atoms with Gasteiger partial charge < -0.3 is 4.90 Å². The lowest BCUT2D eigenvalue weighted by Crippen LogP contribution is -2.27. The molecule has 0 heterocycles. The Kier molecular flexibility index (Phi) is 8.15. The minimum atomic E-state index is -0.461. The van der Waals surface area contributed by atoms with Gasteiger partial charge >= 0.3 is 0 Å². The fourth-order valence-corrected chi connectivity index (χ4v) is 12.2. The van der Waals surface area contributed by atoms with Crippen LogP contribution in [0, 0.1) is 0 Å². The summed E-state index contributed by atoms with van der Waals surface area (Å²) in [5, 5.41) is 0. The molecule has 1 atom stereocenters. The molecule has 0 bridgehead atoms. The summed E-state index contributed by atoms with van der Waals surface area (Å²) in [5.41, 5.74) is 24.7. The van der Waals surface area contributed by atoms with Crippen molar-refractivity contribution in [2.75, 3.05) is 4.90 Å². The lowest BCUT2D eigenvalue weighted by molar-refractivity contribution is 0.588. The largest absolute Gasteiger partial charge is 0.310 e. The molecule has 0 saturated heterocycles. The van der Waals surface area contributed by atoms with Crippen molar-refractivity contribution < 1.29 is 0 Å². The maximum Gasteiger partial charge on any atom is 0.0726 e. The summed E-state index contributed by atoms with van der Waals surface area (Å²) in [7, 11) is 0. The third kappa shape index (κ3) is 5.21. The fraction of sp³-hybridized carbons (Fsp3) is 0.213. The van der Waals surface area contributed by atoms with Crippen molar-refractivity contribution in [1.82, 2.24) is 0 Å². The fourth-order valence-electron chi connectivity index (χ4n) is 12.2. The smallest absolute Gasteiger partial charge is 0.0726 e. The summed E-state index contributed by atoms with van der Waals surface area (Å²) in [5.74, 6) is 0.589. The highest BCUT2D eigenvalue weighted by atomic mass is 15.1. The molecule has 0 amide bonds. The molecule has 302 valence electrons. The van der Waals surface area contributed by atoms with E-state index >= 15 is 0 Å². The first-order valence-electron chi connectivity index (χ1n) is 22.9. The van der Waals surface area contributed by atoms with Gasteiger partial charge in [0.25, 0.3) is 0 Å². The van der Waals surface area contributed by atoms with Gasteiger partial charge in [0, 0.05) is 22.4 Å². The van der Waals surface area contributed by atoms with E-state index in [0.29, 0.717) is 5.92 Å². The lowest BCUT2D eigenvalue weighted by Gasteiger charge is -2.34. The zero-order valence-corrected chi connectivity index (χ0v) is 36.6. The van der Waals surface area contributed by atoms with Crippen LogP contribution in [0.1, 0.15) is 111 Å². The monoisotopic (exact) mass is 799 g/mol. The van der Waals surface area contributed by atoms with Crippen LogP contribution in [0.25, 0.3) is 44.5 Å². The highest BCUT2D eigenvalue weighted by Crippen LogP contribution is 2.64. The predicted octanol–water partition coefficient (Wildman–Crippen LogP) is 16.4. The zero-order valence-electron chi connectivity index (χ0n) is 36.6. The normalized spacial score (nSPS) is 17.6. The number of hydrogen-bond acceptors (Lipinski definition) is 1. The Balaban J connectivity index is 1.14. The van der Waals surface area contributed by atoms with Gasteiger partial charge in [-0.2, -0.15) is 0 Å². The molecule has 0 radical (unpaired) electrons. The summed E-state index contributed by atoms with van der Waals surface area (Å²) < 4.78 is 0. The number of hydrogen-bond donors (Lipinski definition) is 0. The number of para-hydroxylation sites is 1. The highest BCUT2D eigenvalue weighted by Gasteiger charge is 2.52. The molecule has 1 unspecified atom stereocenters. The minimum Gasteiger partial charge on any atom is -0.310 e. The Bertz CT molecular complexity index is 3100. The van der Waals surface area contributed by atoms with Gasteiger partial charge in [0.1, 0.15) is 0 Å². The molecule has 1 spiro atoms. The molecular formula is C61H53N. The molecule has 4 aliphatic rings. The van der Waals surface area contributed by atoms with Crippen molar-refractivity contribution in [1.29, 1.82) is 0 Å². The van der Waals surface area contributed by atoms with Gasteiger partial charge in [-0.15, -0.1) is 0 Å². The second-order valence-corrected chi connectivity index (χ2v) is 19.9. The van der Waals surface area contributed by atoms with Gasteiger partial charge in [0.15, 0.2) is 0 Å². The van der Waals surface area contributed by atoms with Crippen LogP contribution in [-0.2, 0) is 16.2 Å². The van der Waals surface area contributed by atoms with E-state index < -0.39 is 5.41 Å². The van der Waals surface area contributed by atoms with E-state index in [1.807, 2.05) is 0 Å². The maximum absolute atomic E-state index is 2.59. The van der Waals surface area contributed by atoms with E-state index in [9.17, 15) is 0 Å². The number of nitrogens with zero attached hydrogens (tertiary/aromatic N) is 1. The van der Waals surface area contributed by atoms with Crippen LogP contribution in [0.5, 0.6) is 0 Å². The van der Waals surface area contributed by atoms with E-state index in [1.165, 1.54) is 132 Å². The third-order valence-corrected chi connectivity index (χ3v) is 15.2. The molecule has 8 aromatic carbocycles. The summed E-state index contributed by atoms with van der Waals surface area (Å²) in [6.45, 7) is 11.8. The van der Waals surface area contributed by atoms with Crippen molar-refractivity contribution in [2.45, 2.75) is 82.5 Å². The predicted molar refractivity (Wildman–Crippen MR) is 260 cm³/mol. The van der Waals surface area contributed by atoms with E-state index in [-0.39, 0.29) is 10.8 Å². The number of rotatable bonds is 5. The van der Waals surface area contributed by atoms with Gasteiger partial charge in [-0.25, -0.2) is 0 Å². The van der Waals surface area contributed by atoms with E-state index in [0.717, 1.165) is 0 Å². The van der Waals surface area contributed by atoms with Gasteiger partial charge in [0.05, 0.1) is 11.1 Å². The molecule has 4 aliphatic carbocycles. The molecule has 1 nitrogen and oxygen atoms in total. The van der Waals surface area contributed by atoms with Crippen LogP contribution in [0.4, 0.5) is 17.1 Å². The Morgan fingerprint density at radius 3 is 1.50 bits per heavy atom. The molecule has 8 aromatic rings. The second-order valence-electron chi connectivity index (χ2n) is 19.9. The summed E-state index contributed by atoms with van der Waals surface area (Å²) in [6, 6.07) is 67.9. The number of benzene rings is 8. The molecule has 0 aromatic heterocycles. The topological polar surface area (TPSA) is 3.24 Å². The van der Waals surface area contributed by atoms with Crippen LogP contribution in [0.2, 0.25) is 0 Å². The number of anilines is 3. The van der Waals surface area contributed by atoms with Crippen LogP contribution < -0.4 is 4.90 Å².